The quantitative estimate of drug-likeness (QED) is 0.728. The Morgan fingerprint density at radius 3 is 2.74 bits per heavy atom. The van der Waals surface area contributed by atoms with Crippen molar-refractivity contribution in [2.75, 3.05) is 6.54 Å². The SMILES string of the molecule is CC(C)CCCCCCNC(=O)c1ncccc1Br. The molecule has 19 heavy (non-hydrogen) atoms. The van der Waals surface area contributed by atoms with Crippen LogP contribution in [0.4, 0.5) is 0 Å². The van der Waals surface area contributed by atoms with Gasteiger partial charge in [0.25, 0.3) is 5.91 Å². The third-order valence-corrected chi connectivity index (χ3v) is 3.61. The Kier molecular flexibility index (Phi) is 7.72. The lowest BCUT2D eigenvalue weighted by Crippen LogP contribution is -2.25. The minimum Gasteiger partial charge on any atom is -0.351 e. The number of hydrogen-bond acceptors (Lipinski definition) is 2. The minimum atomic E-state index is -0.102. The first-order valence-corrected chi connectivity index (χ1v) is 7.79. The van der Waals surface area contributed by atoms with E-state index in [2.05, 4.69) is 40.1 Å². The maximum atomic E-state index is 11.8. The molecule has 3 nitrogen and oxygen atoms in total. The molecule has 0 bridgehead atoms. The zero-order chi connectivity index (χ0) is 14.1. The fourth-order valence-corrected chi connectivity index (χ4v) is 2.30. The number of nitrogens with zero attached hydrogens (tertiary/aromatic N) is 1. The summed E-state index contributed by atoms with van der Waals surface area (Å²) in [5, 5.41) is 2.91. The Morgan fingerprint density at radius 2 is 2.05 bits per heavy atom. The van der Waals surface area contributed by atoms with Crippen molar-refractivity contribution in [3.8, 4) is 0 Å². The van der Waals surface area contributed by atoms with Gasteiger partial charge in [0, 0.05) is 17.2 Å². The predicted molar refractivity (Wildman–Crippen MR) is 82.2 cm³/mol. The zero-order valence-corrected chi connectivity index (χ0v) is 13.4. The summed E-state index contributed by atoms with van der Waals surface area (Å²) >= 11 is 3.33. The Bertz CT molecular complexity index is 393. The molecule has 0 aliphatic carbocycles. The summed E-state index contributed by atoms with van der Waals surface area (Å²) in [5.74, 6) is 0.691. The number of nitrogens with one attached hydrogen (secondary N) is 1. The molecule has 0 aliphatic rings. The highest BCUT2D eigenvalue weighted by molar-refractivity contribution is 9.10. The van der Waals surface area contributed by atoms with Gasteiger partial charge in [0.1, 0.15) is 5.69 Å². The van der Waals surface area contributed by atoms with Crippen molar-refractivity contribution in [3.05, 3.63) is 28.5 Å². The van der Waals surface area contributed by atoms with Crippen molar-refractivity contribution in [1.29, 1.82) is 0 Å². The van der Waals surface area contributed by atoms with Crippen molar-refractivity contribution in [2.24, 2.45) is 5.92 Å². The molecule has 0 aromatic carbocycles. The molecule has 4 heteroatoms. The number of carbonyl (C=O) groups excluding carboxylic acids is 1. The number of halogens is 1. The molecule has 0 fully saturated rings. The second-order valence-corrected chi connectivity index (χ2v) is 6.04. The molecule has 0 atom stereocenters. The fraction of sp³-hybridized carbons (Fsp3) is 0.600. The molecule has 0 unspecified atom stereocenters. The Labute approximate surface area is 124 Å². The van der Waals surface area contributed by atoms with Crippen molar-refractivity contribution in [2.45, 2.75) is 46.0 Å². The van der Waals surface area contributed by atoms with E-state index in [4.69, 9.17) is 0 Å². The topological polar surface area (TPSA) is 42.0 Å². The Hall–Kier alpha value is -0.900. The molecule has 1 rings (SSSR count). The van der Waals surface area contributed by atoms with Gasteiger partial charge in [0.05, 0.1) is 0 Å². The molecule has 1 heterocycles. The predicted octanol–water partition coefficient (Wildman–Crippen LogP) is 4.18. The summed E-state index contributed by atoms with van der Waals surface area (Å²) in [6, 6.07) is 3.63. The van der Waals surface area contributed by atoms with Gasteiger partial charge in [-0.15, -0.1) is 0 Å². The maximum Gasteiger partial charge on any atom is 0.271 e. The van der Waals surface area contributed by atoms with Crippen molar-refractivity contribution < 1.29 is 4.79 Å². The van der Waals surface area contributed by atoms with Crippen LogP contribution in [-0.2, 0) is 0 Å². The standard InChI is InChI=1S/C15H23BrN2O/c1-12(2)8-5-3-4-6-10-18-15(19)14-13(16)9-7-11-17-14/h7,9,11-12H,3-6,8,10H2,1-2H3,(H,18,19). The van der Waals surface area contributed by atoms with Crippen LogP contribution in [0, 0.1) is 5.92 Å². The zero-order valence-electron chi connectivity index (χ0n) is 11.8. The highest BCUT2D eigenvalue weighted by Gasteiger charge is 2.09. The highest BCUT2D eigenvalue weighted by Crippen LogP contribution is 2.13. The van der Waals surface area contributed by atoms with Crippen LogP contribution >= 0.6 is 15.9 Å². The van der Waals surface area contributed by atoms with Gasteiger partial charge in [-0.3, -0.25) is 4.79 Å². The molecule has 1 aromatic rings. The summed E-state index contributed by atoms with van der Waals surface area (Å²) in [7, 11) is 0. The first kappa shape index (κ1) is 16.2. The van der Waals surface area contributed by atoms with Crippen molar-refractivity contribution in [3.63, 3.8) is 0 Å². The molecule has 0 saturated heterocycles. The molecular weight excluding hydrogens is 304 g/mol. The van der Waals surface area contributed by atoms with E-state index >= 15 is 0 Å². The Balaban J connectivity index is 2.13. The molecular formula is C15H23BrN2O. The van der Waals surface area contributed by atoms with Gasteiger partial charge in [0.15, 0.2) is 0 Å². The first-order chi connectivity index (χ1) is 9.11. The van der Waals surface area contributed by atoms with Crippen LogP contribution in [0.25, 0.3) is 0 Å². The van der Waals surface area contributed by atoms with Gasteiger partial charge in [-0.25, -0.2) is 4.98 Å². The van der Waals surface area contributed by atoms with Gasteiger partial charge < -0.3 is 5.32 Å². The highest BCUT2D eigenvalue weighted by atomic mass is 79.9. The lowest BCUT2D eigenvalue weighted by molar-refractivity contribution is 0.0947. The van der Waals surface area contributed by atoms with Crippen LogP contribution in [0.2, 0.25) is 0 Å². The van der Waals surface area contributed by atoms with E-state index in [0.717, 1.165) is 23.4 Å². The van der Waals surface area contributed by atoms with E-state index in [1.54, 1.807) is 12.3 Å². The lowest BCUT2D eigenvalue weighted by Gasteiger charge is -2.06. The maximum absolute atomic E-state index is 11.8. The first-order valence-electron chi connectivity index (χ1n) is 7.00. The minimum absolute atomic E-state index is 0.102. The number of amides is 1. The Morgan fingerprint density at radius 1 is 1.32 bits per heavy atom. The average molecular weight is 327 g/mol. The summed E-state index contributed by atoms with van der Waals surface area (Å²) < 4.78 is 0.740. The molecule has 0 saturated carbocycles. The van der Waals surface area contributed by atoms with Gasteiger partial charge in [0.2, 0.25) is 0 Å². The molecule has 0 aliphatic heterocycles. The lowest BCUT2D eigenvalue weighted by atomic mass is 10.0. The summed E-state index contributed by atoms with van der Waals surface area (Å²) in [6.07, 6.45) is 7.68. The van der Waals surface area contributed by atoms with Crippen molar-refractivity contribution >= 4 is 21.8 Å². The summed E-state index contributed by atoms with van der Waals surface area (Å²) in [5.41, 5.74) is 0.460. The van der Waals surface area contributed by atoms with Gasteiger partial charge >= 0.3 is 0 Å². The number of aromatic nitrogens is 1. The van der Waals surface area contributed by atoms with Gasteiger partial charge in [-0.2, -0.15) is 0 Å². The molecule has 1 N–H and O–H groups in total. The van der Waals surface area contributed by atoms with E-state index < -0.39 is 0 Å². The van der Waals surface area contributed by atoms with Crippen molar-refractivity contribution in [1.82, 2.24) is 10.3 Å². The van der Waals surface area contributed by atoms with Crippen LogP contribution in [0.15, 0.2) is 22.8 Å². The number of pyridine rings is 1. The molecule has 0 radical (unpaired) electrons. The van der Waals surface area contributed by atoms with E-state index in [1.165, 1.54) is 25.7 Å². The average Bonchev–Trinajstić information content (AvgIpc) is 2.37. The number of unbranched alkanes of at least 4 members (excludes halogenated alkanes) is 3. The van der Waals surface area contributed by atoms with Crippen LogP contribution in [-0.4, -0.2) is 17.4 Å². The third-order valence-electron chi connectivity index (χ3n) is 2.97. The van der Waals surface area contributed by atoms with E-state index in [1.807, 2.05) is 6.07 Å². The van der Waals surface area contributed by atoms with Crippen LogP contribution in [0.5, 0.6) is 0 Å². The van der Waals surface area contributed by atoms with Crippen LogP contribution in [0.1, 0.15) is 56.4 Å². The third kappa shape index (κ3) is 6.71. The monoisotopic (exact) mass is 326 g/mol. The second kappa shape index (κ2) is 9.08. The molecule has 106 valence electrons. The van der Waals surface area contributed by atoms with Gasteiger partial charge in [-0.05, 0) is 40.4 Å². The number of rotatable bonds is 8. The van der Waals surface area contributed by atoms with Crippen LogP contribution < -0.4 is 5.32 Å². The van der Waals surface area contributed by atoms with Gasteiger partial charge in [-0.1, -0.05) is 39.5 Å². The van der Waals surface area contributed by atoms with E-state index in [-0.39, 0.29) is 5.91 Å². The molecule has 1 aromatic heterocycles. The van der Waals surface area contributed by atoms with E-state index in [9.17, 15) is 4.79 Å². The fourth-order valence-electron chi connectivity index (χ4n) is 1.87. The number of hydrogen-bond donors (Lipinski definition) is 1. The molecule has 1 amide bonds. The number of carbonyl (C=O) groups is 1. The second-order valence-electron chi connectivity index (χ2n) is 5.19. The smallest absolute Gasteiger partial charge is 0.271 e. The summed E-state index contributed by atoms with van der Waals surface area (Å²) in [4.78, 5) is 15.9. The normalized spacial score (nSPS) is 10.7. The summed E-state index contributed by atoms with van der Waals surface area (Å²) in [6.45, 7) is 5.24. The van der Waals surface area contributed by atoms with E-state index in [0.29, 0.717) is 5.69 Å². The largest absolute Gasteiger partial charge is 0.351 e. The van der Waals surface area contributed by atoms with Crippen LogP contribution in [0.3, 0.4) is 0 Å². The molecule has 0 spiro atoms.